The minimum Gasteiger partial charge on any atom is -0.225 e. The largest absolute Gasteiger partial charge is 0.295 e. The Labute approximate surface area is 199 Å². The van der Waals surface area contributed by atoms with Crippen molar-refractivity contribution in [2.24, 2.45) is 0 Å². The number of imidazole rings is 1. The minimum absolute atomic E-state index is 0.935. The summed E-state index contributed by atoms with van der Waals surface area (Å²) in [6, 6.07) is 26.9. The lowest BCUT2D eigenvalue weighted by molar-refractivity contribution is -0.657. The highest BCUT2D eigenvalue weighted by molar-refractivity contribution is 6.13. The molecule has 6 aromatic rings. The molecule has 0 unspecified atom stereocenters. The molecule has 0 aliphatic carbocycles. The highest BCUT2D eigenvalue weighted by atomic mass is 15.1. The molecule has 0 radical (unpaired) electrons. The summed E-state index contributed by atoms with van der Waals surface area (Å²) in [6.07, 6.45) is 2.38. The fourth-order valence-corrected chi connectivity index (χ4v) is 6.08. The predicted octanol–water partition coefficient (Wildman–Crippen LogP) is 7.46. The van der Waals surface area contributed by atoms with Crippen LogP contribution in [0.5, 0.6) is 0 Å². The molecule has 4 aromatic carbocycles. The number of pyridine rings is 1. The van der Waals surface area contributed by atoms with Gasteiger partial charge in [-0.05, 0) is 73.2 Å². The molecule has 2 aromatic heterocycles. The molecule has 0 spiro atoms. The van der Waals surface area contributed by atoms with Gasteiger partial charge in [-0.2, -0.15) is 4.40 Å². The molecule has 3 heterocycles. The van der Waals surface area contributed by atoms with Gasteiger partial charge >= 0.3 is 0 Å². The first-order valence-electron chi connectivity index (χ1n) is 12.1. The molecule has 2 heteroatoms. The summed E-state index contributed by atoms with van der Waals surface area (Å²) in [5.41, 5.74) is 14.5. The maximum absolute atomic E-state index is 2.53. The van der Waals surface area contributed by atoms with Crippen molar-refractivity contribution >= 4 is 27.3 Å². The maximum Gasteiger partial charge on any atom is 0.295 e. The van der Waals surface area contributed by atoms with Gasteiger partial charge in [0.1, 0.15) is 18.3 Å². The third-order valence-corrected chi connectivity index (χ3v) is 7.76. The van der Waals surface area contributed by atoms with E-state index in [1.54, 1.807) is 0 Å². The van der Waals surface area contributed by atoms with Gasteiger partial charge in [-0.3, -0.25) is 0 Å². The summed E-state index contributed by atoms with van der Waals surface area (Å²) in [5, 5.41) is 4.11. The molecule has 164 valence electrons. The van der Waals surface area contributed by atoms with Crippen LogP contribution in [0.25, 0.3) is 49.7 Å². The van der Waals surface area contributed by atoms with E-state index >= 15 is 0 Å². The maximum atomic E-state index is 2.53. The van der Waals surface area contributed by atoms with Crippen LogP contribution in [0.3, 0.4) is 0 Å². The van der Waals surface area contributed by atoms with Crippen molar-refractivity contribution in [1.82, 2.24) is 4.40 Å². The van der Waals surface area contributed by atoms with E-state index in [2.05, 4.69) is 116 Å². The first-order valence-corrected chi connectivity index (χ1v) is 12.1. The van der Waals surface area contributed by atoms with Crippen molar-refractivity contribution in [2.75, 3.05) is 0 Å². The van der Waals surface area contributed by atoms with Gasteiger partial charge in [0.05, 0.1) is 5.39 Å². The highest BCUT2D eigenvalue weighted by Crippen LogP contribution is 2.39. The SMILES string of the molecule is Cc1cc2c3cccc4c3c3n(c(-c5c(C)cc(-c6ccccc6)cc5C)c[n+]3C4)c2cc1C. The van der Waals surface area contributed by atoms with E-state index in [9.17, 15) is 0 Å². The van der Waals surface area contributed by atoms with Crippen LogP contribution in [0.4, 0.5) is 0 Å². The average Bonchev–Trinajstić information content (AvgIpc) is 3.37. The Morgan fingerprint density at radius 1 is 0.676 bits per heavy atom. The van der Waals surface area contributed by atoms with Crippen LogP contribution in [0, 0.1) is 27.7 Å². The second kappa shape index (κ2) is 6.80. The molecular formula is C32H27N2+. The third kappa shape index (κ3) is 2.54. The smallest absolute Gasteiger partial charge is 0.225 e. The summed E-state index contributed by atoms with van der Waals surface area (Å²) < 4.78 is 4.98. The Morgan fingerprint density at radius 2 is 1.41 bits per heavy atom. The second-order valence-electron chi connectivity index (χ2n) is 9.95. The zero-order chi connectivity index (χ0) is 23.1. The van der Waals surface area contributed by atoms with Crippen LogP contribution < -0.4 is 4.57 Å². The fraction of sp³-hybridized carbons (Fsp3) is 0.156. The van der Waals surface area contributed by atoms with E-state index in [4.69, 9.17) is 0 Å². The quantitative estimate of drug-likeness (QED) is 0.195. The summed E-state index contributed by atoms with van der Waals surface area (Å²) in [4.78, 5) is 0. The van der Waals surface area contributed by atoms with Crippen LogP contribution in [0.2, 0.25) is 0 Å². The average molecular weight is 440 g/mol. The van der Waals surface area contributed by atoms with Crippen LogP contribution in [-0.2, 0) is 6.54 Å². The lowest BCUT2D eigenvalue weighted by atomic mass is 9.93. The lowest BCUT2D eigenvalue weighted by Crippen LogP contribution is -2.28. The van der Waals surface area contributed by atoms with Gasteiger partial charge in [-0.15, -0.1) is 0 Å². The van der Waals surface area contributed by atoms with Crippen LogP contribution in [-0.4, -0.2) is 4.40 Å². The van der Waals surface area contributed by atoms with E-state index in [1.807, 2.05) is 0 Å². The molecule has 2 nitrogen and oxygen atoms in total. The normalized spacial score (nSPS) is 12.6. The van der Waals surface area contributed by atoms with E-state index in [0.717, 1.165) is 6.54 Å². The topological polar surface area (TPSA) is 8.29 Å². The van der Waals surface area contributed by atoms with Crippen molar-refractivity contribution in [1.29, 1.82) is 0 Å². The van der Waals surface area contributed by atoms with Crippen molar-refractivity contribution in [3.63, 3.8) is 0 Å². The minimum atomic E-state index is 0.935. The number of fused-ring (bicyclic) bond motifs is 3. The molecule has 0 N–H and O–H groups in total. The van der Waals surface area contributed by atoms with Crippen molar-refractivity contribution in [2.45, 2.75) is 34.2 Å². The summed E-state index contributed by atoms with van der Waals surface area (Å²) in [7, 11) is 0. The molecule has 0 atom stereocenters. The molecule has 1 aliphatic heterocycles. The number of nitrogens with zero attached hydrogens (tertiary/aromatic N) is 2. The van der Waals surface area contributed by atoms with Gasteiger partial charge in [0.2, 0.25) is 0 Å². The molecule has 0 saturated carbocycles. The van der Waals surface area contributed by atoms with Crippen molar-refractivity contribution in [3.8, 4) is 22.4 Å². The Bertz CT molecular complexity index is 1780. The predicted molar refractivity (Wildman–Crippen MR) is 142 cm³/mol. The fourth-order valence-electron chi connectivity index (χ4n) is 6.08. The summed E-state index contributed by atoms with van der Waals surface area (Å²) in [6.45, 7) is 9.90. The Morgan fingerprint density at radius 3 is 2.18 bits per heavy atom. The van der Waals surface area contributed by atoms with Gasteiger partial charge in [-0.1, -0.05) is 60.7 Å². The number of benzene rings is 4. The van der Waals surface area contributed by atoms with Crippen LogP contribution in [0.15, 0.2) is 79.0 Å². The molecule has 7 rings (SSSR count). The standard InChI is InChI=1S/C32H27N2/c1-19-15-27-26-12-8-11-24-17-33-18-29(34(32(33)31(24)26)28(27)16-20(19)2)30-21(3)13-25(14-22(30)4)23-9-6-5-7-10-23/h5-16,18H,17H2,1-4H3/q+1. The van der Waals surface area contributed by atoms with Gasteiger partial charge in [0, 0.05) is 21.9 Å². The Balaban J connectivity index is 1.61. The van der Waals surface area contributed by atoms with Crippen LogP contribution in [0.1, 0.15) is 27.8 Å². The third-order valence-electron chi connectivity index (χ3n) is 7.76. The zero-order valence-electron chi connectivity index (χ0n) is 20.1. The van der Waals surface area contributed by atoms with Gasteiger partial charge < -0.3 is 0 Å². The molecule has 0 bridgehead atoms. The van der Waals surface area contributed by atoms with Gasteiger partial charge in [0.15, 0.2) is 5.69 Å². The van der Waals surface area contributed by atoms with E-state index in [1.165, 1.54) is 77.5 Å². The van der Waals surface area contributed by atoms with Crippen molar-refractivity contribution in [3.05, 3.63) is 107 Å². The summed E-state index contributed by atoms with van der Waals surface area (Å²) >= 11 is 0. The van der Waals surface area contributed by atoms with E-state index in [-0.39, 0.29) is 0 Å². The number of aromatic nitrogens is 2. The first-order chi connectivity index (χ1) is 16.5. The number of rotatable bonds is 2. The van der Waals surface area contributed by atoms with Crippen LogP contribution >= 0.6 is 0 Å². The van der Waals surface area contributed by atoms with Gasteiger partial charge in [-0.25, -0.2) is 4.57 Å². The highest BCUT2D eigenvalue weighted by Gasteiger charge is 2.32. The molecule has 1 aliphatic rings. The monoisotopic (exact) mass is 439 g/mol. The molecule has 0 amide bonds. The molecular weight excluding hydrogens is 412 g/mol. The Hall–Kier alpha value is -3.91. The summed E-state index contributed by atoms with van der Waals surface area (Å²) in [5.74, 6) is 0. The molecule has 34 heavy (non-hydrogen) atoms. The lowest BCUT2D eigenvalue weighted by Gasteiger charge is -2.13. The van der Waals surface area contributed by atoms with Crippen molar-refractivity contribution < 1.29 is 4.57 Å². The van der Waals surface area contributed by atoms with Gasteiger partial charge in [0.25, 0.3) is 5.65 Å². The number of hydrogen-bond acceptors (Lipinski definition) is 0. The number of aryl methyl sites for hydroxylation is 4. The second-order valence-corrected chi connectivity index (χ2v) is 9.95. The van der Waals surface area contributed by atoms with E-state index < -0.39 is 0 Å². The van der Waals surface area contributed by atoms with E-state index in [0.29, 0.717) is 0 Å². The zero-order valence-corrected chi connectivity index (χ0v) is 20.1. The number of hydrogen-bond donors (Lipinski definition) is 0. The Kier molecular flexibility index (Phi) is 3.91. The first kappa shape index (κ1) is 19.5. The molecule has 0 fully saturated rings. The molecule has 0 saturated heterocycles.